The van der Waals surface area contributed by atoms with Gasteiger partial charge in [0, 0.05) is 10.1 Å². The van der Waals surface area contributed by atoms with E-state index >= 15 is 0 Å². The van der Waals surface area contributed by atoms with E-state index in [1.165, 1.54) is 30.3 Å². The number of hydrogen-bond donors (Lipinski definition) is 0. The van der Waals surface area contributed by atoms with E-state index in [9.17, 15) is 9.59 Å². The second kappa shape index (κ2) is 14.2. The third-order valence-electron chi connectivity index (χ3n) is 8.02. The molecule has 7 heteroatoms. The number of carbonyl (C=O) groups excluding carboxylic acids is 1. The van der Waals surface area contributed by atoms with Crippen LogP contribution in [0.15, 0.2) is 83.7 Å². The molecule has 4 rings (SSSR count). The molecule has 0 aliphatic carbocycles. The molecule has 0 saturated heterocycles. The molecule has 222 valence electrons. The first kappa shape index (κ1) is 31.5. The molecule has 0 saturated carbocycles. The normalized spacial score (nSPS) is 11.8. The lowest BCUT2D eigenvalue weighted by Gasteiger charge is -2.44. The summed E-state index contributed by atoms with van der Waals surface area (Å²) in [5, 5.41) is 3.29. The maximum Gasteiger partial charge on any atom is 0.346 e. The van der Waals surface area contributed by atoms with Crippen LogP contribution in [0.2, 0.25) is 11.1 Å². The Morgan fingerprint density at radius 1 is 0.833 bits per heavy atom. The van der Waals surface area contributed by atoms with E-state index in [0.717, 1.165) is 34.9 Å². The zero-order valence-electron chi connectivity index (χ0n) is 25.4. The average Bonchev–Trinajstić information content (AvgIpc) is 2.99. The minimum atomic E-state index is -2.42. The highest BCUT2D eigenvalue weighted by Gasteiger charge is 2.47. The van der Waals surface area contributed by atoms with Crippen molar-refractivity contribution in [3.8, 4) is 11.5 Å². The highest BCUT2D eigenvalue weighted by Crippen LogP contribution is 2.39. The van der Waals surface area contributed by atoms with E-state index in [2.05, 4.69) is 76.2 Å². The van der Waals surface area contributed by atoms with Gasteiger partial charge in [0.05, 0.1) is 20.3 Å². The Bertz CT molecular complexity index is 1490. The summed E-state index contributed by atoms with van der Waals surface area (Å²) in [6.07, 6.45) is 4.44. The number of hydrogen-bond acceptors (Lipinski definition) is 6. The van der Waals surface area contributed by atoms with Gasteiger partial charge in [-0.25, -0.2) is 4.79 Å². The Morgan fingerprint density at radius 2 is 1.48 bits per heavy atom. The van der Waals surface area contributed by atoms with E-state index in [4.69, 9.17) is 14.2 Å². The molecule has 1 heterocycles. The van der Waals surface area contributed by atoms with Gasteiger partial charge in [0.25, 0.3) is 4.74 Å². The van der Waals surface area contributed by atoms with Crippen molar-refractivity contribution in [2.75, 3.05) is 20.3 Å². The summed E-state index contributed by atoms with van der Waals surface area (Å²) >= 11 is 1.02. The van der Waals surface area contributed by atoms with E-state index in [1.54, 1.807) is 0 Å². The number of carbonyl (C=O) groups is 1. The van der Waals surface area contributed by atoms with Gasteiger partial charge in [-0.15, -0.1) is 0 Å². The fourth-order valence-electron chi connectivity index (χ4n) is 5.84. The van der Waals surface area contributed by atoms with Crippen LogP contribution in [0.5, 0.6) is 11.5 Å². The van der Waals surface area contributed by atoms with E-state index in [0.29, 0.717) is 24.3 Å². The fourth-order valence-corrected chi connectivity index (χ4v) is 12.0. The Kier molecular flexibility index (Phi) is 10.6. The first-order valence-corrected chi connectivity index (χ1v) is 17.8. The second-order valence-corrected chi connectivity index (χ2v) is 17.6. The molecule has 0 atom stereocenters. The van der Waals surface area contributed by atoms with Gasteiger partial charge in [-0.3, -0.25) is 4.79 Å². The number of unbranched alkanes of at least 4 members (excludes halogenated alkanes) is 3. The summed E-state index contributed by atoms with van der Waals surface area (Å²) in [6, 6.07) is 27.8. The van der Waals surface area contributed by atoms with Crippen molar-refractivity contribution in [3.63, 3.8) is 0 Å². The molecule has 0 unspecified atom stereocenters. The van der Waals surface area contributed by atoms with Crippen LogP contribution in [0.4, 0.5) is 0 Å². The molecule has 0 spiro atoms. The number of ether oxygens (including phenoxy) is 3. The fraction of sp³-hybridized carbons (Fsp3) is 0.371. The van der Waals surface area contributed by atoms with Crippen LogP contribution >= 0.6 is 11.3 Å². The quantitative estimate of drug-likeness (QED) is 0.0904. The molecular formula is C35H42O5SSi. The van der Waals surface area contributed by atoms with Crippen LogP contribution in [0.25, 0.3) is 10.1 Å². The molecule has 0 radical (unpaired) electrons. The van der Waals surface area contributed by atoms with Crippen LogP contribution < -0.4 is 24.6 Å². The van der Waals surface area contributed by atoms with E-state index < -0.39 is 14.0 Å². The molecule has 0 bridgehead atoms. The third kappa shape index (κ3) is 6.79. The van der Waals surface area contributed by atoms with Gasteiger partial charge in [-0.2, -0.15) is 0 Å². The first-order valence-electron chi connectivity index (χ1n) is 14.8. The molecule has 1 aromatic heterocycles. The van der Waals surface area contributed by atoms with Crippen LogP contribution in [0.3, 0.4) is 0 Å². The summed E-state index contributed by atoms with van der Waals surface area (Å²) < 4.78 is 18.0. The van der Waals surface area contributed by atoms with Gasteiger partial charge < -0.3 is 14.2 Å². The molecule has 0 N–H and O–H groups in total. The molecule has 0 aliphatic rings. The van der Waals surface area contributed by atoms with Crippen molar-refractivity contribution in [1.82, 2.24) is 0 Å². The van der Waals surface area contributed by atoms with Crippen molar-refractivity contribution in [2.45, 2.75) is 64.5 Å². The zero-order valence-corrected chi connectivity index (χ0v) is 27.2. The molecule has 0 fully saturated rings. The lowest BCUT2D eigenvalue weighted by molar-refractivity contribution is 0.0595. The summed E-state index contributed by atoms with van der Waals surface area (Å²) in [4.78, 5) is 26.1. The van der Waals surface area contributed by atoms with Crippen molar-refractivity contribution < 1.29 is 19.0 Å². The van der Waals surface area contributed by atoms with E-state index in [1.807, 2.05) is 30.3 Å². The zero-order chi connectivity index (χ0) is 30.2. The molecular weight excluding hydrogens is 561 g/mol. The standard InChI is InChI=1S/C35H42O5SSi/c1-6-7-8-15-22-39-26-20-21-30-29(25-26)32(31(33(36)38-5)34(37)41-30)40-23-24-42(35(2,3)4,27-16-11-9-12-17-27)28-18-13-10-14-19-28/h9-14,16-21,25H,6-8,15,22-24H2,1-5H3. The Morgan fingerprint density at radius 3 is 2.05 bits per heavy atom. The van der Waals surface area contributed by atoms with Crippen molar-refractivity contribution in [3.05, 3.63) is 94.0 Å². The number of fused-ring (bicyclic) bond motifs is 1. The van der Waals surface area contributed by atoms with Gasteiger partial charge in [-0.05, 0) is 35.7 Å². The predicted octanol–water partition coefficient (Wildman–Crippen LogP) is 7.45. The van der Waals surface area contributed by atoms with Crippen LogP contribution in [0, 0.1) is 0 Å². The number of benzene rings is 3. The Hall–Kier alpha value is -3.42. The lowest BCUT2D eigenvalue weighted by Crippen LogP contribution is -2.64. The topological polar surface area (TPSA) is 61.8 Å². The second-order valence-electron chi connectivity index (χ2n) is 11.6. The average molecular weight is 603 g/mol. The largest absolute Gasteiger partial charge is 0.494 e. The van der Waals surface area contributed by atoms with Gasteiger partial charge in [0.1, 0.15) is 19.6 Å². The molecule has 0 aliphatic heterocycles. The minimum absolute atomic E-state index is 0.0481. The SMILES string of the molecule is CCCCCCOc1ccc2sc(=O)c(C(=O)OC)c(OCC[Si](c3ccccc3)(c3ccccc3)C(C)(C)C)c2c1. The highest BCUT2D eigenvalue weighted by molar-refractivity contribution is 7.16. The van der Waals surface area contributed by atoms with E-state index in [-0.39, 0.29) is 21.1 Å². The summed E-state index contributed by atoms with van der Waals surface area (Å²) in [7, 11) is -1.13. The maximum atomic E-state index is 13.2. The predicted molar refractivity (Wildman–Crippen MR) is 177 cm³/mol. The van der Waals surface area contributed by atoms with Crippen molar-refractivity contribution in [1.29, 1.82) is 0 Å². The summed E-state index contributed by atoms with van der Waals surface area (Å²) in [6.45, 7) is 10.0. The minimum Gasteiger partial charge on any atom is -0.494 e. The maximum absolute atomic E-state index is 13.2. The Balaban J connectivity index is 1.75. The van der Waals surface area contributed by atoms with Gasteiger partial charge in [0.2, 0.25) is 0 Å². The molecule has 5 nitrogen and oxygen atoms in total. The van der Waals surface area contributed by atoms with Gasteiger partial charge in [-0.1, -0.05) is 129 Å². The molecule has 42 heavy (non-hydrogen) atoms. The first-order chi connectivity index (χ1) is 20.2. The number of rotatable bonds is 13. The Labute approximate surface area is 254 Å². The summed E-state index contributed by atoms with van der Waals surface area (Å²) in [5.74, 6) is 0.275. The molecule has 3 aromatic carbocycles. The van der Waals surface area contributed by atoms with Crippen molar-refractivity contribution >= 4 is 45.8 Å². The van der Waals surface area contributed by atoms with Crippen LogP contribution in [0.1, 0.15) is 63.7 Å². The lowest BCUT2D eigenvalue weighted by atomic mass is 10.1. The van der Waals surface area contributed by atoms with Gasteiger partial charge >= 0.3 is 5.97 Å². The monoisotopic (exact) mass is 602 g/mol. The number of methoxy groups -OCH3 is 1. The van der Waals surface area contributed by atoms with Crippen LogP contribution in [-0.4, -0.2) is 34.4 Å². The van der Waals surface area contributed by atoms with Crippen molar-refractivity contribution in [2.24, 2.45) is 0 Å². The summed E-state index contributed by atoms with van der Waals surface area (Å²) in [5.41, 5.74) is -0.0578. The smallest absolute Gasteiger partial charge is 0.346 e. The third-order valence-corrected chi connectivity index (χ3v) is 15.1. The molecule has 4 aromatic rings. The number of esters is 1. The highest BCUT2D eigenvalue weighted by atomic mass is 32.1. The van der Waals surface area contributed by atoms with Gasteiger partial charge in [0.15, 0.2) is 5.56 Å². The van der Waals surface area contributed by atoms with Crippen LogP contribution in [-0.2, 0) is 4.74 Å². The molecule has 0 amide bonds.